The number of para-hydroxylation sites is 1. The lowest BCUT2D eigenvalue weighted by Gasteiger charge is -2.01. The lowest BCUT2D eigenvalue weighted by molar-refractivity contribution is 0.850. The zero-order valence-electron chi connectivity index (χ0n) is 9.64. The van der Waals surface area contributed by atoms with Gasteiger partial charge in [0.2, 0.25) is 0 Å². The van der Waals surface area contributed by atoms with E-state index in [1.54, 1.807) is 0 Å². The monoisotopic (exact) mass is 201 g/mol. The predicted octanol–water partition coefficient (Wildman–Crippen LogP) is 4.07. The van der Waals surface area contributed by atoms with E-state index in [0.717, 1.165) is 0 Å². The molecular weight excluding hydrogens is 182 g/mol. The van der Waals surface area contributed by atoms with Crippen LogP contribution in [0.2, 0.25) is 0 Å². The lowest BCUT2D eigenvalue weighted by atomic mass is 10.0. The van der Waals surface area contributed by atoms with Gasteiger partial charge in [-0.1, -0.05) is 44.9 Å². The Balaban J connectivity index is 2.53. The van der Waals surface area contributed by atoms with Crippen LogP contribution in [0.4, 0.5) is 0 Å². The van der Waals surface area contributed by atoms with E-state index < -0.39 is 0 Å². The summed E-state index contributed by atoms with van der Waals surface area (Å²) in [6.45, 7) is 4.48. The van der Waals surface area contributed by atoms with Crippen LogP contribution < -0.4 is 0 Å². The standard InChI is InChI=1S/C14H19N/c1-3-7-11-12-9-5-6-10-14(12)15-13(11)8-4-2/h5-6,9-10,15H,3-4,7-8H2,1-2H3. The quantitative estimate of drug-likeness (QED) is 0.767. The number of benzene rings is 1. The van der Waals surface area contributed by atoms with Crippen molar-refractivity contribution in [2.24, 2.45) is 0 Å². The van der Waals surface area contributed by atoms with Gasteiger partial charge in [-0.15, -0.1) is 0 Å². The molecule has 0 saturated heterocycles. The molecule has 2 aromatic rings. The first kappa shape index (κ1) is 10.3. The van der Waals surface area contributed by atoms with Crippen LogP contribution in [0.3, 0.4) is 0 Å². The average molecular weight is 201 g/mol. The summed E-state index contributed by atoms with van der Waals surface area (Å²) in [7, 11) is 0. The molecule has 1 nitrogen and oxygen atoms in total. The molecule has 0 fully saturated rings. The summed E-state index contributed by atoms with van der Waals surface area (Å²) < 4.78 is 0. The minimum Gasteiger partial charge on any atom is -0.358 e. The van der Waals surface area contributed by atoms with Crippen molar-refractivity contribution >= 4 is 10.9 Å². The maximum Gasteiger partial charge on any atom is 0.0458 e. The van der Waals surface area contributed by atoms with Crippen molar-refractivity contribution in [2.75, 3.05) is 0 Å². The second-order valence-electron chi connectivity index (χ2n) is 4.13. The Morgan fingerprint density at radius 2 is 1.73 bits per heavy atom. The topological polar surface area (TPSA) is 15.8 Å². The molecule has 0 radical (unpaired) electrons. The van der Waals surface area contributed by atoms with Crippen molar-refractivity contribution < 1.29 is 0 Å². The molecule has 15 heavy (non-hydrogen) atoms. The van der Waals surface area contributed by atoms with Crippen LogP contribution in [0.1, 0.15) is 37.9 Å². The Morgan fingerprint density at radius 3 is 2.47 bits per heavy atom. The largest absolute Gasteiger partial charge is 0.358 e. The molecule has 0 atom stereocenters. The lowest BCUT2D eigenvalue weighted by Crippen LogP contribution is -1.90. The highest BCUT2D eigenvalue weighted by molar-refractivity contribution is 5.84. The van der Waals surface area contributed by atoms with Gasteiger partial charge in [0.1, 0.15) is 0 Å². The maximum atomic E-state index is 3.55. The average Bonchev–Trinajstić information content (AvgIpc) is 2.59. The van der Waals surface area contributed by atoms with E-state index in [1.807, 2.05) is 0 Å². The van der Waals surface area contributed by atoms with E-state index in [1.165, 1.54) is 47.8 Å². The molecule has 1 heterocycles. The number of nitrogens with one attached hydrogen (secondary N) is 1. The van der Waals surface area contributed by atoms with Crippen molar-refractivity contribution in [1.82, 2.24) is 4.98 Å². The van der Waals surface area contributed by atoms with Gasteiger partial charge in [-0.05, 0) is 24.5 Å². The normalized spacial score (nSPS) is 11.1. The van der Waals surface area contributed by atoms with Crippen molar-refractivity contribution in [3.63, 3.8) is 0 Å². The van der Waals surface area contributed by atoms with Crippen molar-refractivity contribution in [3.05, 3.63) is 35.5 Å². The Hall–Kier alpha value is -1.24. The summed E-state index contributed by atoms with van der Waals surface area (Å²) in [6, 6.07) is 8.64. The zero-order valence-corrected chi connectivity index (χ0v) is 9.64. The number of aromatic amines is 1. The molecule has 0 spiro atoms. The fraction of sp³-hybridized carbons (Fsp3) is 0.429. The number of hydrogen-bond acceptors (Lipinski definition) is 0. The van der Waals surface area contributed by atoms with E-state index in [2.05, 4.69) is 43.1 Å². The van der Waals surface area contributed by atoms with Gasteiger partial charge in [0.25, 0.3) is 0 Å². The molecule has 0 aliphatic heterocycles. The van der Waals surface area contributed by atoms with Crippen LogP contribution in [-0.2, 0) is 12.8 Å². The van der Waals surface area contributed by atoms with Crippen molar-refractivity contribution in [1.29, 1.82) is 0 Å². The molecule has 0 saturated carbocycles. The van der Waals surface area contributed by atoms with Crippen LogP contribution in [0.15, 0.2) is 24.3 Å². The summed E-state index contributed by atoms with van der Waals surface area (Å²) in [5.41, 5.74) is 4.28. The highest BCUT2D eigenvalue weighted by Crippen LogP contribution is 2.24. The molecule has 0 unspecified atom stereocenters. The van der Waals surface area contributed by atoms with E-state index in [9.17, 15) is 0 Å². The van der Waals surface area contributed by atoms with Crippen molar-refractivity contribution in [3.8, 4) is 0 Å². The predicted molar refractivity (Wildman–Crippen MR) is 66.3 cm³/mol. The summed E-state index contributed by atoms with van der Waals surface area (Å²) in [4.78, 5) is 3.55. The van der Waals surface area contributed by atoms with Crippen LogP contribution in [0.5, 0.6) is 0 Å². The molecule has 0 aliphatic carbocycles. The molecule has 1 N–H and O–H groups in total. The molecule has 1 aromatic heterocycles. The fourth-order valence-corrected chi connectivity index (χ4v) is 2.25. The summed E-state index contributed by atoms with van der Waals surface area (Å²) in [5.74, 6) is 0. The first-order valence-electron chi connectivity index (χ1n) is 5.95. The number of rotatable bonds is 4. The highest BCUT2D eigenvalue weighted by atomic mass is 14.7. The molecule has 0 aliphatic rings. The molecule has 0 amide bonds. The number of H-pyrrole nitrogens is 1. The summed E-state index contributed by atoms with van der Waals surface area (Å²) >= 11 is 0. The number of aromatic nitrogens is 1. The van der Waals surface area contributed by atoms with Gasteiger partial charge in [0, 0.05) is 16.6 Å². The van der Waals surface area contributed by atoms with Gasteiger partial charge in [0.05, 0.1) is 0 Å². The van der Waals surface area contributed by atoms with Crippen LogP contribution >= 0.6 is 0 Å². The van der Waals surface area contributed by atoms with Gasteiger partial charge >= 0.3 is 0 Å². The van der Waals surface area contributed by atoms with Crippen molar-refractivity contribution in [2.45, 2.75) is 39.5 Å². The first-order chi connectivity index (χ1) is 7.36. The second kappa shape index (κ2) is 4.52. The molecular formula is C14H19N. The third kappa shape index (κ3) is 1.92. The third-order valence-electron chi connectivity index (χ3n) is 2.90. The third-order valence-corrected chi connectivity index (χ3v) is 2.90. The van der Waals surface area contributed by atoms with Crippen LogP contribution in [-0.4, -0.2) is 4.98 Å². The minimum absolute atomic E-state index is 1.17. The molecule has 1 aromatic carbocycles. The van der Waals surface area contributed by atoms with Gasteiger partial charge in [-0.25, -0.2) is 0 Å². The smallest absolute Gasteiger partial charge is 0.0458 e. The van der Waals surface area contributed by atoms with E-state index in [0.29, 0.717) is 0 Å². The van der Waals surface area contributed by atoms with E-state index >= 15 is 0 Å². The zero-order chi connectivity index (χ0) is 10.7. The Labute approximate surface area is 91.5 Å². The second-order valence-corrected chi connectivity index (χ2v) is 4.13. The SMILES string of the molecule is CCCc1[nH]c2ccccc2c1CCC. The summed E-state index contributed by atoms with van der Waals surface area (Å²) in [5, 5.41) is 1.42. The first-order valence-corrected chi connectivity index (χ1v) is 5.95. The van der Waals surface area contributed by atoms with Gasteiger partial charge < -0.3 is 4.98 Å². The molecule has 0 bridgehead atoms. The van der Waals surface area contributed by atoms with Crippen LogP contribution in [0.25, 0.3) is 10.9 Å². The number of fused-ring (bicyclic) bond motifs is 1. The fourth-order valence-electron chi connectivity index (χ4n) is 2.25. The highest BCUT2D eigenvalue weighted by Gasteiger charge is 2.08. The van der Waals surface area contributed by atoms with Gasteiger partial charge in [-0.3, -0.25) is 0 Å². The molecule has 2 rings (SSSR count). The van der Waals surface area contributed by atoms with E-state index in [-0.39, 0.29) is 0 Å². The Kier molecular flexibility index (Phi) is 3.10. The Bertz CT molecular complexity index is 440. The minimum atomic E-state index is 1.17. The molecule has 1 heteroatoms. The maximum absolute atomic E-state index is 3.55. The van der Waals surface area contributed by atoms with Gasteiger partial charge in [0.15, 0.2) is 0 Å². The van der Waals surface area contributed by atoms with Crippen LogP contribution in [0, 0.1) is 0 Å². The van der Waals surface area contributed by atoms with E-state index in [4.69, 9.17) is 0 Å². The molecule has 80 valence electrons. The summed E-state index contributed by atoms with van der Waals surface area (Å²) in [6.07, 6.45) is 4.80. The number of aryl methyl sites for hydroxylation is 2. The number of hydrogen-bond donors (Lipinski definition) is 1. The van der Waals surface area contributed by atoms with Gasteiger partial charge in [-0.2, -0.15) is 0 Å². The Morgan fingerprint density at radius 1 is 1.00 bits per heavy atom.